The second-order valence-corrected chi connectivity index (χ2v) is 7.32. The van der Waals surface area contributed by atoms with Crippen LogP contribution in [-0.2, 0) is 18.3 Å². The molecule has 2 aromatic carbocycles. The van der Waals surface area contributed by atoms with Crippen LogP contribution in [0.4, 0.5) is 30.5 Å². The van der Waals surface area contributed by atoms with Crippen LogP contribution in [0.5, 0.6) is 5.75 Å². The summed E-state index contributed by atoms with van der Waals surface area (Å²) in [6.45, 7) is 0. The van der Waals surface area contributed by atoms with Crippen LogP contribution in [0.2, 0.25) is 0 Å². The third-order valence-electron chi connectivity index (χ3n) is 4.62. The van der Waals surface area contributed by atoms with E-state index >= 15 is 0 Å². The molecule has 174 valence electrons. The van der Waals surface area contributed by atoms with Crippen molar-refractivity contribution in [3.05, 3.63) is 78.9 Å². The fourth-order valence-electron chi connectivity index (χ4n) is 3.13. The molecule has 0 aliphatic rings. The summed E-state index contributed by atoms with van der Waals surface area (Å²) in [5.74, 6) is -0.334. The van der Waals surface area contributed by atoms with Crippen molar-refractivity contribution in [3.63, 3.8) is 0 Å². The molecule has 0 fully saturated rings. The van der Waals surface area contributed by atoms with E-state index in [-0.39, 0.29) is 18.0 Å². The van der Waals surface area contributed by atoms with E-state index in [0.717, 1.165) is 34.5 Å². The van der Waals surface area contributed by atoms with E-state index in [1.807, 2.05) is 19.2 Å². The topological polar surface area (TPSA) is 94.0 Å². The number of carbonyl (C=O) groups is 1. The number of anilines is 3. The van der Waals surface area contributed by atoms with Crippen LogP contribution >= 0.6 is 0 Å². The number of aromatic nitrogens is 4. The molecule has 0 bridgehead atoms. The predicted octanol–water partition coefficient (Wildman–Crippen LogP) is 4.70. The summed E-state index contributed by atoms with van der Waals surface area (Å²) in [4.78, 5) is 20.9. The molecule has 0 saturated carbocycles. The van der Waals surface area contributed by atoms with Gasteiger partial charge >= 0.3 is 6.36 Å². The molecule has 2 N–H and O–H groups in total. The minimum absolute atomic E-state index is 0.0507. The van der Waals surface area contributed by atoms with Crippen molar-refractivity contribution in [3.8, 4) is 16.9 Å². The van der Waals surface area contributed by atoms with E-state index in [0.29, 0.717) is 5.95 Å². The largest absolute Gasteiger partial charge is 0.573 e. The first-order valence-electron chi connectivity index (χ1n) is 10.1. The molecule has 0 radical (unpaired) electrons. The molecule has 0 unspecified atom stereocenters. The molecule has 11 heteroatoms. The summed E-state index contributed by atoms with van der Waals surface area (Å²) in [5.41, 5.74) is 3.39. The van der Waals surface area contributed by atoms with Gasteiger partial charge in [0.1, 0.15) is 5.75 Å². The Bertz CT molecular complexity index is 1270. The smallest absolute Gasteiger partial charge is 0.406 e. The van der Waals surface area contributed by atoms with Gasteiger partial charge in [0.15, 0.2) is 0 Å². The van der Waals surface area contributed by atoms with Gasteiger partial charge in [-0.05, 0) is 23.3 Å². The van der Waals surface area contributed by atoms with Crippen molar-refractivity contribution >= 4 is 23.2 Å². The minimum atomic E-state index is -4.80. The van der Waals surface area contributed by atoms with Crippen LogP contribution in [0.15, 0.2) is 73.3 Å². The van der Waals surface area contributed by atoms with Gasteiger partial charge in [0.2, 0.25) is 11.9 Å². The summed E-state index contributed by atoms with van der Waals surface area (Å²) < 4.78 is 42.6. The fraction of sp³-hybridized carbons (Fsp3) is 0.130. The molecule has 4 aromatic rings. The summed E-state index contributed by atoms with van der Waals surface area (Å²) in [6, 6.07) is 12.4. The van der Waals surface area contributed by atoms with Gasteiger partial charge in [-0.15, -0.1) is 13.2 Å². The number of hydrogen-bond donors (Lipinski definition) is 2. The van der Waals surface area contributed by atoms with Crippen LogP contribution < -0.4 is 15.4 Å². The number of nitrogens with zero attached hydrogens (tertiary/aromatic N) is 4. The summed E-state index contributed by atoms with van der Waals surface area (Å²) in [7, 11) is 1.81. The number of hydrogen-bond acceptors (Lipinski definition) is 6. The van der Waals surface area contributed by atoms with Gasteiger partial charge in [-0.25, -0.2) is 9.97 Å². The normalized spacial score (nSPS) is 11.2. The van der Waals surface area contributed by atoms with Crippen molar-refractivity contribution in [1.29, 1.82) is 0 Å². The number of carbonyl (C=O) groups excluding carboxylic acids is 1. The molecule has 0 saturated heterocycles. The van der Waals surface area contributed by atoms with Crippen LogP contribution in [0.1, 0.15) is 5.56 Å². The molecule has 0 spiro atoms. The molecular formula is C23H19F3N6O2. The number of nitrogens with one attached hydrogen (secondary N) is 2. The Balaban J connectivity index is 1.34. The molecule has 8 nitrogen and oxygen atoms in total. The van der Waals surface area contributed by atoms with Gasteiger partial charge < -0.3 is 15.4 Å². The molecule has 0 aliphatic heterocycles. The predicted molar refractivity (Wildman–Crippen MR) is 119 cm³/mol. The highest BCUT2D eigenvalue weighted by molar-refractivity contribution is 5.92. The number of benzene rings is 2. The molecule has 0 aliphatic carbocycles. The molecule has 2 aromatic heterocycles. The first-order chi connectivity index (χ1) is 16.2. The number of rotatable bonds is 7. The first-order valence-corrected chi connectivity index (χ1v) is 10.1. The third-order valence-corrected chi connectivity index (χ3v) is 4.62. The molecule has 1 amide bonds. The Morgan fingerprint density at radius 2 is 1.74 bits per heavy atom. The van der Waals surface area contributed by atoms with Gasteiger partial charge in [0, 0.05) is 43.0 Å². The lowest BCUT2D eigenvalue weighted by atomic mass is 10.0. The Morgan fingerprint density at radius 3 is 2.38 bits per heavy atom. The molecular weight excluding hydrogens is 449 g/mol. The average molecular weight is 468 g/mol. The zero-order valence-electron chi connectivity index (χ0n) is 17.9. The Morgan fingerprint density at radius 1 is 1.00 bits per heavy atom. The summed E-state index contributed by atoms with van der Waals surface area (Å²) in [5, 5.41) is 9.70. The number of amides is 1. The highest BCUT2D eigenvalue weighted by Gasteiger charge is 2.31. The van der Waals surface area contributed by atoms with Gasteiger partial charge in [-0.1, -0.05) is 30.3 Å². The lowest BCUT2D eigenvalue weighted by Gasteiger charge is -2.11. The van der Waals surface area contributed by atoms with Crippen LogP contribution in [0, 0.1) is 0 Å². The van der Waals surface area contributed by atoms with Gasteiger partial charge in [0.25, 0.3) is 0 Å². The maximum absolute atomic E-state index is 12.4. The zero-order valence-corrected chi connectivity index (χ0v) is 17.9. The standard InChI is InChI=1S/C23H19F3N6O2/c1-32-14-19(13-29-32)31-22-27-11-17(12-28-22)16-7-5-15(6-8-16)9-21(33)30-18-3-2-4-20(10-18)34-23(24,25)26/h2-8,10-14H,9H2,1H3,(H,30,33)(H,27,28,31). The van der Waals surface area contributed by atoms with Gasteiger partial charge in [-0.2, -0.15) is 5.10 Å². The van der Waals surface area contributed by atoms with Crippen LogP contribution in [-0.4, -0.2) is 32.0 Å². The van der Waals surface area contributed by atoms with Crippen LogP contribution in [0.25, 0.3) is 11.1 Å². The number of alkyl halides is 3. The average Bonchev–Trinajstić information content (AvgIpc) is 3.18. The number of aryl methyl sites for hydroxylation is 1. The molecule has 0 atom stereocenters. The van der Waals surface area contributed by atoms with E-state index in [1.54, 1.807) is 41.6 Å². The maximum atomic E-state index is 12.4. The second-order valence-electron chi connectivity index (χ2n) is 7.32. The van der Waals surface area contributed by atoms with Crippen molar-refractivity contribution in [2.75, 3.05) is 10.6 Å². The highest BCUT2D eigenvalue weighted by atomic mass is 19.4. The number of halogens is 3. The van der Waals surface area contributed by atoms with Crippen molar-refractivity contribution in [2.24, 2.45) is 7.05 Å². The SMILES string of the molecule is Cn1cc(Nc2ncc(-c3ccc(CC(=O)Nc4cccc(OC(F)(F)F)c4)cc3)cn2)cn1. The molecule has 34 heavy (non-hydrogen) atoms. The van der Waals surface area contributed by atoms with Crippen molar-refractivity contribution in [1.82, 2.24) is 19.7 Å². The van der Waals surface area contributed by atoms with Gasteiger partial charge in [0.05, 0.1) is 18.3 Å². The van der Waals surface area contributed by atoms with E-state index in [2.05, 4.69) is 30.4 Å². The summed E-state index contributed by atoms with van der Waals surface area (Å²) in [6.07, 6.45) is 2.09. The van der Waals surface area contributed by atoms with E-state index in [9.17, 15) is 18.0 Å². The fourth-order valence-corrected chi connectivity index (χ4v) is 3.13. The maximum Gasteiger partial charge on any atom is 0.573 e. The quantitative estimate of drug-likeness (QED) is 0.408. The van der Waals surface area contributed by atoms with Crippen molar-refractivity contribution in [2.45, 2.75) is 12.8 Å². The molecule has 2 heterocycles. The zero-order chi connectivity index (χ0) is 24.1. The van der Waals surface area contributed by atoms with E-state index in [1.165, 1.54) is 12.1 Å². The second kappa shape index (κ2) is 9.61. The van der Waals surface area contributed by atoms with E-state index in [4.69, 9.17) is 0 Å². The molecule has 4 rings (SSSR count). The van der Waals surface area contributed by atoms with E-state index < -0.39 is 12.1 Å². The summed E-state index contributed by atoms with van der Waals surface area (Å²) >= 11 is 0. The van der Waals surface area contributed by atoms with Gasteiger partial charge in [-0.3, -0.25) is 9.48 Å². The third kappa shape index (κ3) is 6.31. The lowest BCUT2D eigenvalue weighted by Crippen LogP contribution is -2.18. The number of ether oxygens (including phenoxy) is 1. The van der Waals surface area contributed by atoms with Crippen LogP contribution in [0.3, 0.4) is 0 Å². The Labute approximate surface area is 192 Å². The lowest BCUT2D eigenvalue weighted by molar-refractivity contribution is -0.274. The Hall–Kier alpha value is -4.41. The highest BCUT2D eigenvalue weighted by Crippen LogP contribution is 2.25. The monoisotopic (exact) mass is 468 g/mol. The first kappa shape index (κ1) is 22.8. The van der Waals surface area contributed by atoms with Crippen molar-refractivity contribution < 1.29 is 22.7 Å². The minimum Gasteiger partial charge on any atom is -0.406 e. The Kier molecular flexibility index (Phi) is 6.44.